The summed E-state index contributed by atoms with van der Waals surface area (Å²) in [7, 11) is -3.13. The van der Waals surface area contributed by atoms with Crippen LogP contribution in [0, 0.1) is 13.8 Å². The molecule has 17 heavy (non-hydrogen) atoms. The average molecular weight is 252 g/mol. The van der Waals surface area contributed by atoms with Gasteiger partial charge in [0.25, 0.3) is 0 Å². The van der Waals surface area contributed by atoms with Crippen LogP contribution in [-0.2, 0) is 9.84 Å². The minimum absolute atomic E-state index is 0.227. The van der Waals surface area contributed by atoms with E-state index in [1.807, 2.05) is 32.1 Å². The summed E-state index contributed by atoms with van der Waals surface area (Å²) in [5.74, 6) is 0.227. The van der Waals surface area contributed by atoms with Crippen molar-refractivity contribution in [3.05, 3.63) is 42.0 Å². The minimum Gasteiger partial charge on any atom is -0.224 e. The molecule has 1 aromatic carbocycles. The summed E-state index contributed by atoms with van der Waals surface area (Å²) in [5.41, 5.74) is 1.82. The maximum Gasteiger partial charge on any atom is 0.178 e. The van der Waals surface area contributed by atoms with E-state index in [1.165, 1.54) is 0 Å². The first-order valence-corrected chi connectivity index (χ1v) is 7.53. The number of hydrogen-bond donors (Lipinski definition) is 0. The van der Waals surface area contributed by atoms with Gasteiger partial charge in [-0.05, 0) is 50.3 Å². The molecule has 0 amide bonds. The molecule has 94 valence electrons. The van der Waals surface area contributed by atoms with E-state index in [0.717, 1.165) is 24.0 Å². The number of sulfone groups is 1. The first-order valence-electron chi connectivity index (χ1n) is 5.88. The second-order valence-corrected chi connectivity index (χ2v) is 6.45. The predicted molar refractivity (Wildman–Crippen MR) is 72.0 cm³/mol. The second-order valence-electron chi connectivity index (χ2n) is 4.37. The van der Waals surface area contributed by atoms with Gasteiger partial charge in [0.2, 0.25) is 0 Å². The van der Waals surface area contributed by atoms with E-state index in [4.69, 9.17) is 0 Å². The lowest BCUT2D eigenvalue weighted by atomic mass is 10.2. The molecule has 0 atom stereocenters. The molecule has 1 aromatic rings. The summed E-state index contributed by atoms with van der Waals surface area (Å²) >= 11 is 0. The van der Waals surface area contributed by atoms with Gasteiger partial charge >= 0.3 is 0 Å². The molecular formula is C14H20O2S. The largest absolute Gasteiger partial charge is 0.224 e. The number of benzene rings is 1. The number of unbranched alkanes of at least 4 members (excludes halogenated alkanes) is 2. The van der Waals surface area contributed by atoms with Crippen molar-refractivity contribution >= 4 is 9.84 Å². The molecule has 0 aromatic heterocycles. The molecule has 2 nitrogen and oxygen atoms in total. The van der Waals surface area contributed by atoms with E-state index in [1.54, 1.807) is 6.07 Å². The Morgan fingerprint density at radius 2 is 1.94 bits per heavy atom. The van der Waals surface area contributed by atoms with Crippen LogP contribution in [0.3, 0.4) is 0 Å². The van der Waals surface area contributed by atoms with Crippen molar-refractivity contribution < 1.29 is 8.42 Å². The van der Waals surface area contributed by atoms with Gasteiger partial charge in [-0.3, -0.25) is 0 Å². The molecule has 0 spiro atoms. The zero-order valence-electron chi connectivity index (χ0n) is 10.6. The Hall–Kier alpha value is -1.09. The van der Waals surface area contributed by atoms with Gasteiger partial charge in [-0.15, -0.1) is 6.58 Å². The molecule has 0 aliphatic carbocycles. The Labute approximate surface area is 104 Å². The van der Waals surface area contributed by atoms with Crippen LogP contribution >= 0.6 is 0 Å². The third-order valence-electron chi connectivity index (χ3n) is 2.75. The van der Waals surface area contributed by atoms with E-state index in [2.05, 4.69) is 6.58 Å². The lowest BCUT2D eigenvalue weighted by Crippen LogP contribution is -2.08. The zero-order chi connectivity index (χ0) is 12.9. The Balaban J connectivity index is 2.82. The van der Waals surface area contributed by atoms with Gasteiger partial charge in [-0.2, -0.15) is 0 Å². The van der Waals surface area contributed by atoms with Crippen LogP contribution in [0.5, 0.6) is 0 Å². The fourth-order valence-electron chi connectivity index (χ4n) is 1.73. The number of rotatable bonds is 6. The van der Waals surface area contributed by atoms with E-state index < -0.39 is 9.84 Å². The molecule has 1 rings (SSSR count). The highest BCUT2D eigenvalue weighted by Crippen LogP contribution is 2.19. The third kappa shape index (κ3) is 4.00. The lowest BCUT2D eigenvalue weighted by molar-refractivity contribution is 0.591. The van der Waals surface area contributed by atoms with Gasteiger partial charge in [0.1, 0.15) is 0 Å². The number of aryl methyl sites for hydroxylation is 2. The van der Waals surface area contributed by atoms with Gasteiger partial charge in [0.05, 0.1) is 10.6 Å². The molecule has 3 heteroatoms. The van der Waals surface area contributed by atoms with Crippen LogP contribution in [0.25, 0.3) is 0 Å². The van der Waals surface area contributed by atoms with Gasteiger partial charge in [-0.1, -0.05) is 18.2 Å². The van der Waals surface area contributed by atoms with Crippen molar-refractivity contribution in [2.75, 3.05) is 5.75 Å². The van der Waals surface area contributed by atoms with Crippen molar-refractivity contribution in [1.82, 2.24) is 0 Å². The van der Waals surface area contributed by atoms with Gasteiger partial charge in [0, 0.05) is 0 Å². The van der Waals surface area contributed by atoms with E-state index in [0.29, 0.717) is 11.3 Å². The smallest absolute Gasteiger partial charge is 0.178 e. The van der Waals surface area contributed by atoms with Crippen LogP contribution < -0.4 is 0 Å². The molecule has 0 unspecified atom stereocenters. The van der Waals surface area contributed by atoms with Gasteiger partial charge in [0.15, 0.2) is 9.84 Å². The van der Waals surface area contributed by atoms with E-state index in [9.17, 15) is 8.42 Å². The predicted octanol–water partition coefficient (Wildman–Crippen LogP) is 3.43. The van der Waals surface area contributed by atoms with Gasteiger partial charge < -0.3 is 0 Å². The van der Waals surface area contributed by atoms with E-state index >= 15 is 0 Å². The van der Waals surface area contributed by atoms with Crippen LogP contribution in [0.4, 0.5) is 0 Å². The minimum atomic E-state index is -3.13. The first-order chi connectivity index (χ1) is 7.97. The van der Waals surface area contributed by atoms with Crippen molar-refractivity contribution in [3.63, 3.8) is 0 Å². The van der Waals surface area contributed by atoms with Crippen molar-refractivity contribution in [2.24, 2.45) is 0 Å². The Morgan fingerprint density at radius 3 is 2.59 bits per heavy atom. The molecule has 0 heterocycles. The maximum absolute atomic E-state index is 12.1. The molecule has 0 aliphatic heterocycles. The highest BCUT2D eigenvalue weighted by Gasteiger charge is 2.16. The summed E-state index contributed by atoms with van der Waals surface area (Å²) in [5, 5.41) is 0. The SMILES string of the molecule is C=CCCCCS(=O)(=O)c1cc(C)ccc1C. The topological polar surface area (TPSA) is 34.1 Å². The first kappa shape index (κ1) is 14.0. The standard InChI is InChI=1S/C14H20O2S/c1-4-5-6-7-10-17(15,16)14-11-12(2)8-9-13(14)3/h4,8-9,11H,1,5-7,10H2,2-3H3. The quantitative estimate of drug-likeness (QED) is 0.574. The molecule has 0 radical (unpaired) electrons. The Morgan fingerprint density at radius 1 is 1.24 bits per heavy atom. The van der Waals surface area contributed by atoms with Crippen molar-refractivity contribution in [3.8, 4) is 0 Å². The Kier molecular flexibility index (Phi) is 4.94. The maximum atomic E-state index is 12.1. The van der Waals surface area contributed by atoms with E-state index in [-0.39, 0.29) is 5.75 Å². The molecule has 0 aliphatic rings. The summed E-state index contributed by atoms with van der Waals surface area (Å²) in [6, 6.07) is 5.57. The monoisotopic (exact) mass is 252 g/mol. The Bertz CT molecular complexity index is 487. The van der Waals surface area contributed by atoms with Crippen LogP contribution in [0.15, 0.2) is 35.7 Å². The van der Waals surface area contributed by atoms with Crippen molar-refractivity contribution in [2.45, 2.75) is 38.0 Å². The molecular weight excluding hydrogens is 232 g/mol. The summed E-state index contributed by atoms with van der Waals surface area (Å²) < 4.78 is 24.3. The summed E-state index contributed by atoms with van der Waals surface area (Å²) in [6.07, 6.45) is 4.28. The number of hydrogen-bond acceptors (Lipinski definition) is 2. The zero-order valence-corrected chi connectivity index (χ0v) is 11.4. The summed E-state index contributed by atoms with van der Waals surface area (Å²) in [4.78, 5) is 0.483. The normalized spacial score (nSPS) is 11.4. The fourth-order valence-corrected chi connectivity index (χ4v) is 3.46. The van der Waals surface area contributed by atoms with Gasteiger partial charge in [-0.25, -0.2) is 8.42 Å². The van der Waals surface area contributed by atoms with Crippen LogP contribution in [0.2, 0.25) is 0 Å². The average Bonchev–Trinajstić information content (AvgIpc) is 2.28. The lowest BCUT2D eigenvalue weighted by Gasteiger charge is -2.08. The second kappa shape index (κ2) is 6.01. The summed E-state index contributed by atoms with van der Waals surface area (Å²) in [6.45, 7) is 7.39. The fraction of sp³-hybridized carbons (Fsp3) is 0.429. The molecule has 0 saturated heterocycles. The molecule has 0 saturated carbocycles. The molecule has 0 N–H and O–H groups in total. The van der Waals surface area contributed by atoms with Crippen molar-refractivity contribution in [1.29, 1.82) is 0 Å². The van der Waals surface area contributed by atoms with Crippen LogP contribution in [-0.4, -0.2) is 14.2 Å². The third-order valence-corrected chi connectivity index (χ3v) is 4.69. The highest BCUT2D eigenvalue weighted by molar-refractivity contribution is 7.91. The van der Waals surface area contributed by atoms with Crippen LogP contribution in [0.1, 0.15) is 30.4 Å². The number of allylic oxidation sites excluding steroid dienone is 1. The molecule has 0 bridgehead atoms. The molecule has 0 fully saturated rings. The highest BCUT2D eigenvalue weighted by atomic mass is 32.2.